The van der Waals surface area contributed by atoms with Gasteiger partial charge in [0, 0.05) is 18.6 Å². The Morgan fingerprint density at radius 2 is 1.69 bits per heavy atom. The van der Waals surface area contributed by atoms with Crippen molar-refractivity contribution in [2.75, 3.05) is 20.3 Å². The lowest BCUT2D eigenvalue weighted by atomic mass is 9.85. The summed E-state index contributed by atoms with van der Waals surface area (Å²) in [4.78, 5) is 57.9. The number of sulfonamides is 1. The summed E-state index contributed by atoms with van der Waals surface area (Å²) < 4.78 is 39.9. The van der Waals surface area contributed by atoms with Gasteiger partial charge >= 0.3 is 6.09 Å². The van der Waals surface area contributed by atoms with Gasteiger partial charge in [-0.25, -0.2) is 13.2 Å². The molecule has 3 saturated carbocycles. The van der Waals surface area contributed by atoms with Gasteiger partial charge in [-0.3, -0.25) is 19.1 Å². The first kappa shape index (κ1) is 39.6. The van der Waals surface area contributed by atoms with Gasteiger partial charge in [-0.1, -0.05) is 75.5 Å². The number of rotatable bonds is 7. The van der Waals surface area contributed by atoms with Crippen LogP contribution < -0.4 is 15.4 Å². The van der Waals surface area contributed by atoms with Crippen LogP contribution in [0.15, 0.2) is 42.5 Å². The van der Waals surface area contributed by atoms with Crippen molar-refractivity contribution in [3.8, 4) is 11.1 Å². The van der Waals surface area contributed by atoms with Crippen molar-refractivity contribution in [3.63, 3.8) is 0 Å². The van der Waals surface area contributed by atoms with Crippen molar-refractivity contribution in [2.45, 2.75) is 120 Å². The number of aryl methyl sites for hydroxylation is 1. The Hall–Kier alpha value is -3.68. The van der Waals surface area contributed by atoms with Crippen LogP contribution in [0.1, 0.15) is 96.1 Å². The molecule has 4 amide bonds. The van der Waals surface area contributed by atoms with E-state index in [0.717, 1.165) is 55.2 Å². The second-order valence-corrected chi connectivity index (χ2v) is 19.7. The Labute approximate surface area is 328 Å². The molecule has 6 aliphatic rings. The Balaban J connectivity index is 1.25. The third kappa shape index (κ3) is 8.25. The Kier molecular flexibility index (Phi) is 10.8. The minimum Gasteiger partial charge on any atom is -0.450 e. The fraction of sp³-hybridized carbons (Fsp3) is 0.610. The highest BCUT2D eigenvalue weighted by molar-refractivity contribution is 7.91. The third-order valence-corrected chi connectivity index (χ3v) is 14.3. The standard InChI is InChI=1S/C41H53ClN4O8S/c1-39(2,3)34-36(48)46-24-40(53-4,23-33(46)35(47)44-41(22-32(41)27-10-11-27)37(49)45-55(51,52)30-18-19-30)28-15-12-26(13-16-28)31-21-29(42)17-14-25(31)9-7-5-6-8-20-54-38(50)43-34/h12-17,21,27,30,32-34H,5-11,18-20,22-24H2,1-4H3,(H,43,50)(H,44,47)(H,45,49)/t32-,33-,34+,40-,41+/m0/s1. The van der Waals surface area contributed by atoms with Gasteiger partial charge < -0.3 is 25.0 Å². The molecule has 12 nitrogen and oxygen atoms in total. The maximum absolute atomic E-state index is 14.8. The predicted octanol–water partition coefficient (Wildman–Crippen LogP) is 5.60. The van der Waals surface area contributed by atoms with Gasteiger partial charge in [-0.15, -0.1) is 0 Å². The smallest absolute Gasteiger partial charge is 0.407 e. The maximum atomic E-state index is 14.8. The molecule has 2 aromatic carbocycles. The lowest BCUT2D eigenvalue weighted by Crippen LogP contribution is -2.60. The van der Waals surface area contributed by atoms with Gasteiger partial charge in [-0.05, 0) is 103 Å². The monoisotopic (exact) mass is 796 g/mol. The summed E-state index contributed by atoms with van der Waals surface area (Å²) in [5.41, 5.74) is 0.582. The average Bonchev–Trinajstić information content (AvgIpc) is 4.01. The fourth-order valence-electron chi connectivity index (χ4n) is 8.51. The molecule has 0 unspecified atom stereocenters. The van der Waals surface area contributed by atoms with Gasteiger partial charge in [0.2, 0.25) is 21.8 Å². The lowest BCUT2D eigenvalue weighted by molar-refractivity contribution is -0.143. The number of hydrogen-bond acceptors (Lipinski definition) is 8. The van der Waals surface area contributed by atoms with Gasteiger partial charge in [0.05, 0.1) is 18.4 Å². The summed E-state index contributed by atoms with van der Waals surface area (Å²) >= 11 is 6.48. The van der Waals surface area contributed by atoms with Crippen LogP contribution in [-0.2, 0) is 45.9 Å². The third-order valence-electron chi connectivity index (χ3n) is 12.2. The predicted molar refractivity (Wildman–Crippen MR) is 207 cm³/mol. The second-order valence-electron chi connectivity index (χ2n) is 17.3. The van der Waals surface area contributed by atoms with E-state index in [0.29, 0.717) is 30.7 Å². The summed E-state index contributed by atoms with van der Waals surface area (Å²) in [6.45, 7) is 5.66. The molecule has 5 atom stereocenters. The Morgan fingerprint density at radius 3 is 2.35 bits per heavy atom. The van der Waals surface area contributed by atoms with E-state index in [9.17, 15) is 27.6 Å². The molecule has 4 bridgehead atoms. The van der Waals surface area contributed by atoms with Crippen molar-refractivity contribution in [1.29, 1.82) is 0 Å². The first-order valence-electron chi connectivity index (χ1n) is 19.6. The van der Waals surface area contributed by atoms with E-state index in [-0.39, 0.29) is 31.4 Å². The second kappa shape index (κ2) is 15.0. The van der Waals surface area contributed by atoms with Crippen LogP contribution in [0.2, 0.25) is 5.02 Å². The minimum absolute atomic E-state index is 0.0210. The number of nitrogens with one attached hydrogen (secondary N) is 3. The van der Waals surface area contributed by atoms with Crippen molar-refractivity contribution >= 4 is 45.4 Å². The van der Waals surface area contributed by atoms with E-state index in [4.69, 9.17) is 21.1 Å². The van der Waals surface area contributed by atoms with Crippen molar-refractivity contribution in [1.82, 2.24) is 20.3 Å². The molecule has 0 spiro atoms. The number of nitrogens with zero attached hydrogens (tertiary/aromatic N) is 1. The summed E-state index contributed by atoms with van der Waals surface area (Å²) in [6, 6.07) is 11.6. The number of amides is 4. The number of fused-ring (bicyclic) bond motifs is 12. The van der Waals surface area contributed by atoms with Crippen molar-refractivity contribution in [3.05, 3.63) is 58.6 Å². The molecule has 8 rings (SSSR count). The van der Waals surface area contributed by atoms with E-state index in [2.05, 4.69) is 21.4 Å². The molecule has 14 heteroatoms. The van der Waals surface area contributed by atoms with Crippen molar-refractivity contribution < 1.29 is 37.1 Å². The van der Waals surface area contributed by atoms with Gasteiger partial charge in [0.15, 0.2) is 0 Å². The van der Waals surface area contributed by atoms with E-state index in [1.54, 1.807) is 7.11 Å². The van der Waals surface area contributed by atoms with Gasteiger partial charge in [0.1, 0.15) is 23.2 Å². The number of halogens is 1. The number of benzene rings is 2. The highest BCUT2D eigenvalue weighted by Crippen LogP contribution is 2.57. The fourth-order valence-corrected chi connectivity index (χ4v) is 10.1. The summed E-state index contributed by atoms with van der Waals surface area (Å²) in [5.74, 6) is -1.80. The summed E-state index contributed by atoms with van der Waals surface area (Å²) in [7, 11) is -2.32. The molecule has 3 N–H and O–H groups in total. The highest BCUT2D eigenvalue weighted by Gasteiger charge is 2.67. The Morgan fingerprint density at radius 1 is 0.982 bits per heavy atom. The first-order chi connectivity index (χ1) is 26.1. The maximum Gasteiger partial charge on any atom is 0.407 e. The topological polar surface area (TPSA) is 160 Å². The number of ether oxygens (including phenoxy) is 2. The van der Waals surface area contributed by atoms with Crippen LogP contribution in [0.3, 0.4) is 0 Å². The van der Waals surface area contributed by atoms with Gasteiger partial charge in [-0.2, -0.15) is 0 Å². The molecule has 3 aliphatic carbocycles. The number of carbonyl (C=O) groups is 4. The normalized spacial score (nSPS) is 29.1. The molecule has 0 radical (unpaired) electrons. The molecule has 1 saturated heterocycles. The average molecular weight is 797 g/mol. The van der Waals surface area contributed by atoms with E-state index < -0.39 is 67.7 Å². The molecular formula is C41H53ClN4O8S. The zero-order chi connectivity index (χ0) is 39.3. The Bertz CT molecular complexity index is 1940. The summed E-state index contributed by atoms with van der Waals surface area (Å²) in [5, 5.41) is 5.80. The van der Waals surface area contributed by atoms with E-state index in [1.807, 2.05) is 57.2 Å². The number of carbonyl (C=O) groups excluding carboxylic acids is 4. The van der Waals surface area contributed by atoms with Crippen LogP contribution in [0.5, 0.6) is 0 Å². The van der Waals surface area contributed by atoms with Crippen molar-refractivity contribution in [2.24, 2.45) is 17.3 Å². The molecule has 3 aliphatic heterocycles. The largest absolute Gasteiger partial charge is 0.450 e. The van der Waals surface area contributed by atoms with Crippen LogP contribution in [0, 0.1) is 17.3 Å². The molecule has 3 heterocycles. The van der Waals surface area contributed by atoms with Gasteiger partial charge in [0.25, 0.3) is 5.91 Å². The molecule has 2 aromatic rings. The van der Waals surface area contributed by atoms with Crippen LogP contribution in [-0.4, -0.2) is 80.3 Å². The molecule has 298 valence electrons. The number of hydrogen-bond donors (Lipinski definition) is 3. The zero-order valence-corrected chi connectivity index (χ0v) is 33.7. The molecular weight excluding hydrogens is 744 g/mol. The quantitative estimate of drug-likeness (QED) is 0.327. The van der Waals surface area contributed by atoms with Crippen LogP contribution in [0.25, 0.3) is 11.1 Å². The molecule has 4 fully saturated rings. The van der Waals surface area contributed by atoms with Crippen LogP contribution >= 0.6 is 11.6 Å². The molecule has 0 aromatic heterocycles. The highest BCUT2D eigenvalue weighted by atomic mass is 35.5. The zero-order valence-electron chi connectivity index (χ0n) is 32.1. The number of alkyl carbamates (subject to hydrolysis) is 1. The SMILES string of the molecule is CO[C@@]12C[C@@H](C(=O)N[C@]3(C(=O)NS(=O)(=O)C4CC4)C[C@H]3C3CC3)N(C1)C(=O)[C@H](C(C)(C)C)NC(=O)OCCCCCCc1ccc(Cl)cc1-c1ccc2cc1. The number of methoxy groups -OCH3 is 1. The summed E-state index contributed by atoms with van der Waals surface area (Å²) in [6.07, 6.45) is 6.70. The lowest BCUT2D eigenvalue weighted by Gasteiger charge is -2.36. The van der Waals surface area contributed by atoms with E-state index >= 15 is 0 Å². The minimum atomic E-state index is -3.87. The van der Waals surface area contributed by atoms with Crippen LogP contribution in [0.4, 0.5) is 4.79 Å². The molecule has 55 heavy (non-hydrogen) atoms. The van der Waals surface area contributed by atoms with E-state index in [1.165, 1.54) is 10.5 Å². The first-order valence-corrected chi connectivity index (χ1v) is 21.6.